The second-order valence-electron chi connectivity index (χ2n) is 10.5. The highest BCUT2D eigenvalue weighted by molar-refractivity contribution is 6.11. The summed E-state index contributed by atoms with van der Waals surface area (Å²) in [5.41, 5.74) is -0.361. The van der Waals surface area contributed by atoms with Gasteiger partial charge in [0.25, 0.3) is 11.8 Å². The molecule has 8 heteroatoms. The number of carbonyl (C=O) groups excluding carboxylic acids is 4. The average Bonchev–Trinajstić information content (AvgIpc) is 2.88. The number of anilines is 1. The minimum Gasteiger partial charge on any atom is -0.352 e. The van der Waals surface area contributed by atoms with Crippen LogP contribution in [0.25, 0.3) is 0 Å². The highest BCUT2D eigenvalue weighted by Crippen LogP contribution is 2.46. The summed E-state index contributed by atoms with van der Waals surface area (Å²) in [6.07, 6.45) is 2.10. The number of hydrogen-bond donors (Lipinski definition) is 3. The van der Waals surface area contributed by atoms with E-state index in [4.69, 9.17) is 0 Å². The van der Waals surface area contributed by atoms with E-state index in [9.17, 15) is 19.2 Å². The van der Waals surface area contributed by atoms with Crippen LogP contribution in [0.1, 0.15) is 64.2 Å². The monoisotopic (exact) mass is 442 g/mol. The van der Waals surface area contributed by atoms with Gasteiger partial charge in [0, 0.05) is 6.54 Å². The fraction of sp³-hybridized carbons (Fsp3) is 0.583. The lowest BCUT2D eigenvalue weighted by molar-refractivity contribution is -0.136. The van der Waals surface area contributed by atoms with Gasteiger partial charge in [-0.15, -0.1) is 0 Å². The molecule has 0 bridgehead atoms. The van der Waals surface area contributed by atoms with Gasteiger partial charge in [-0.05, 0) is 48.6 Å². The topological polar surface area (TPSA) is 108 Å². The quantitative estimate of drug-likeness (QED) is 0.588. The third-order valence-electron chi connectivity index (χ3n) is 6.04. The molecule has 1 spiro atoms. The maximum Gasteiger partial charge on any atom is 0.325 e. The molecule has 2 atom stereocenters. The summed E-state index contributed by atoms with van der Waals surface area (Å²) in [5.74, 6) is -0.590. The molecule has 2 unspecified atom stereocenters. The lowest BCUT2D eigenvalue weighted by Gasteiger charge is -2.43. The molecule has 1 aliphatic carbocycles. The van der Waals surface area contributed by atoms with Crippen LogP contribution in [0.5, 0.6) is 0 Å². The molecule has 3 rings (SSSR count). The van der Waals surface area contributed by atoms with E-state index in [-0.39, 0.29) is 23.1 Å². The molecule has 3 N–H and O–H groups in total. The van der Waals surface area contributed by atoms with Gasteiger partial charge in [0.1, 0.15) is 12.1 Å². The predicted molar refractivity (Wildman–Crippen MR) is 122 cm³/mol. The zero-order chi connectivity index (χ0) is 23.7. The fourth-order valence-electron chi connectivity index (χ4n) is 5.17. The molecular weight excluding hydrogens is 408 g/mol. The minimum absolute atomic E-state index is 0.0822. The molecule has 1 aliphatic heterocycles. The van der Waals surface area contributed by atoms with E-state index in [0.717, 1.165) is 11.3 Å². The number of para-hydroxylation sites is 1. The van der Waals surface area contributed by atoms with E-state index in [1.165, 1.54) is 0 Å². The van der Waals surface area contributed by atoms with Crippen molar-refractivity contribution in [2.45, 2.75) is 59.4 Å². The van der Waals surface area contributed by atoms with Crippen molar-refractivity contribution in [1.29, 1.82) is 0 Å². The molecule has 2 aliphatic rings. The van der Waals surface area contributed by atoms with Crippen LogP contribution in [-0.4, -0.2) is 47.3 Å². The van der Waals surface area contributed by atoms with E-state index in [2.05, 4.69) is 36.7 Å². The van der Waals surface area contributed by atoms with Gasteiger partial charge in [0.2, 0.25) is 5.91 Å². The summed E-state index contributed by atoms with van der Waals surface area (Å²) < 4.78 is 0. The van der Waals surface area contributed by atoms with Crippen LogP contribution in [-0.2, 0) is 9.59 Å². The Kier molecular flexibility index (Phi) is 6.62. The van der Waals surface area contributed by atoms with Crippen LogP contribution in [0.3, 0.4) is 0 Å². The lowest BCUT2D eigenvalue weighted by atomic mass is 9.64. The number of hydrogen-bond acceptors (Lipinski definition) is 4. The largest absolute Gasteiger partial charge is 0.352 e. The second-order valence-corrected chi connectivity index (χ2v) is 10.5. The van der Waals surface area contributed by atoms with Crippen LogP contribution < -0.4 is 16.0 Å². The number of nitrogens with one attached hydrogen (secondary N) is 3. The Morgan fingerprint density at radius 2 is 1.88 bits per heavy atom. The highest BCUT2D eigenvalue weighted by atomic mass is 16.2. The van der Waals surface area contributed by atoms with Crippen molar-refractivity contribution >= 4 is 29.4 Å². The third-order valence-corrected chi connectivity index (χ3v) is 6.04. The summed E-state index contributed by atoms with van der Waals surface area (Å²) in [7, 11) is 0. The van der Waals surface area contributed by atoms with Crippen molar-refractivity contribution in [2.24, 2.45) is 17.3 Å². The Hall–Kier alpha value is -2.90. The number of amides is 5. The maximum atomic E-state index is 13.2. The molecule has 8 nitrogen and oxygen atoms in total. The molecule has 1 saturated heterocycles. The van der Waals surface area contributed by atoms with Crippen LogP contribution in [0.15, 0.2) is 24.3 Å². The molecule has 2 fully saturated rings. The van der Waals surface area contributed by atoms with Crippen molar-refractivity contribution in [2.75, 3.05) is 18.4 Å². The maximum absolute atomic E-state index is 13.2. The van der Waals surface area contributed by atoms with Gasteiger partial charge in [-0.2, -0.15) is 0 Å². The van der Waals surface area contributed by atoms with Crippen molar-refractivity contribution in [3.05, 3.63) is 29.8 Å². The Bertz CT molecular complexity index is 926. The minimum atomic E-state index is -0.951. The zero-order valence-electron chi connectivity index (χ0n) is 19.6. The van der Waals surface area contributed by atoms with Crippen molar-refractivity contribution in [3.8, 4) is 0 Å². The first-order chi connectivity index (χ1) is 14.9. The summed E-state index contributed by atoms with van der Waals surface area (Å²) >= 11 is 0. The first-order valence-corrected chi connectivity index (χ1v) is 11.2. The summed E-state index contributed by atoms with van der Waals surface area (Å²) in [6.45, 7) is 10.4. The predicted octanol–water partition coefficient (Wildman–Crippen LogP) is 3.15. The average molecular weight is 443 g/mol. The van der Waals surface area contributed by atoms with Gasteiger partial charge in [-0.3, -0.25) is 19.3 Å². The van der Waals surface area contributed by atoms with Gasteiger partial charge in [-0.1, -0.05) is 46.8 Å². The van der Waals surface area contributed by atoms with Gasteiger partial charge >= 0.3 is 6.03 Å². The zero-order valence-corrected chi connectivity index (χ0v) is 19.6. The molecule has 1 aromatic rings. The standard InChI is InChI=1S/C24H34N4O4/c1-15(2)12-25-20(30)17-8-6-7-9-18(17)26-19(29)13-28-21(31)24(27-22(28)32)11-16(3)10-23(4,5)14-24/h6-9,15-16H,10-14H2,1-5H3,(H,25,30)(H,26,29)(H,27,32). The molecule has 1 aromatic carbocycles. The molecule has 5 amide bonds. The van der Waals surface area contributed by atoms with Crippen LogP contribution in [0, 0.1) is 17.3 Å². The molecule has 0 aromatic heterocycles. The van der Waals surface area contributed by atoms with E-state index in [1.54, 1.807) is 24.3 Å². The first kappa shape index (κ1) is 23.8. The van der Waals surface area contributed by atoms with E-state index >= 15 is 0 Å². The Morgan fingerprint density at radius 3 is 2.53 bits per heavy atom. The van der Waals surface area contributed by atoms with Gasteiger partial charge in [-0.25, -0.2) is 4.79 Å². The van der Waals surface area contributed by atoms with E-state index in [1.807, 2.05) is 13.8 Å². The van der Waals surface area contributed by atoms with Gasteiger partial charge in [0.15, 0.2) is 0 Å². The molecule has 174 valence electrons. The molecule has 1 heterocycles. The third kappa shape index (κ3) is 5.11. The number of benzene rings is 1. The summed E-state index contributed by atoms with van der Waals surface area (Å²) in [4.78, 5) is 52.1. The van der Waals surface area contributed by atoms with Crippen LogP contribution in [0.4, 0.5) is 10.5 Å². The van der Waals surface area contributed by atoms with Crippen molar-refractivity contribution < 1.29 is 19.2 Å². The number of imide groups is 1. The first-order valence-electron chi connectivity index (χ1n) is 11.2. The second kappa shape index (κ2) is 8.92. The Morgan fingerprint density at radius 1 is 1.19 bits per heavy atom. The van der Waals surface area contributed by atoms with Crippen molar-refractivity contribution in [3.63, 3.8) is 0 Å². The number of nitrogens with zero attached hydrogens (tertiary/aromatic N) is 1. The molecule has 1 saturated carbocycles. The fourth-order valence-corrected chi connectivity index (χ4v) is 5.17. The molecular formula is C24H34N4O4. The van der Waals surface area contributed by atoms with Crippen molar-refractivity contribution in [1.82, 2.24) is 15.5 Å². The Labute approximate surface area is 189 Å². The molecule has 32 heavy (non-hydrogen) atoms. The normalized spacial score (nSPS) is 24.6. The summed E-state index contributed by atoms with van der Waals surface area (Å²) in [6, 6.07) is 6.13. The smallest absolute Gasteiger partial charge is 0.325 e. The molecule has 0 radical (unpaired) electrons. The van der Waals surface area contributed by atoms with E-state index in [0.29, 0.717) is 36.6 Å². The number of carbonyl (C=O) groups is 4. The lowest BCUT2D eigenvalue weighted by Crippen LogP contribution is -2.54. The van der Waals surface area contributed by atoms with Gasteiger partial charge in [0.05, 0.1) is 11.3 Å². The van der Waals surface area contributed by atoms with E-state index < -0.39 is 24.0 Å². The highest BCUT2D eigenvalue weighted by Gasteiger charge is 2.56. The van der Waals surface area contributed by atoms with Gasteiger partial charge < -0.3 is 16.0 Å². The summed E-state index contributed by atoms with van der Waals surface area (Å²) in [5, 5.41) is 8.40. The SMILES string of the molecule is CC(C)CNC(=O)c1ccccc1NC(=O)CN1C(=O)NC2(CC(C)CC(C)(C)C2)C1=O. The van der Waals surface area contributed by atoms with Crippen LogP contribution in [0.2, 0.25) is 0 Å². The Balaban J connectivity index is 1.70. The number of rotatable bonds is 6. The van der Waals surface area contributed by atoms with Crippen LogP contribution >= 0.6 is 0 Å². The number of urea groups is 1.